The van der Waals surface area contributed by atoms with Gasteiger partial charge in [-0.2, -0.15) is 0 Å². The van der Waals surface area contributed by atoms with Crippen LogP contribution in [0.3, 0.4) is 0 Å². The molecule has 0 radical (unpaired) electrons. The smallest absolute Gasteiger partial charge is 0.151 e. The normalized spacial score (nSPS) is 17.2. The van der Waals surface area contributed by atoms with Crippen LogP contribution in [0.2, 0.25) is 5.02 Å². The Morgan fingerprint density at radius 1 is 1.29 bits per heavy atom. The van der Waals surface area contributed by atoms with Crippen molar-refractivity contribution < 1.29 is 9.26 Å². The van der Waals surface area contributed by atoms with Crippen molar-refractivity contribution in [2.75, 3.05) is 20.2 Å². The van der Waals surface area contributed by atoms with E-state index in [-0.39, 0.29) is 0 Å². The molecule has 1 aliphatic rings. The van der Waals surface area contributed by atoms with Crippen molar-refractivity contribution in [1.29, 1.82) is 0 Å². The maximum Gasteiger partial charge on any atom is 0.151 e. The monoisotopic (exact) mass is 306 g/mol. The molecule has 1 aromatic carbocycles. The van der Waals surface area contributed by atoms with E-state index in [0.29, 0.717) is 6.10 Å². The minimum absolute atomic E-state index is 0.403. The number of benzene rings is 1. The standard InChI is InChI=1S/C16H19ClN2O2/c1-20-14-6-8-19(9-7-14)11-15-10-16(18-21-15)12-2-4-13(17)5-3-12/h2-5,10,14H,6-9,11H2,1H3. The van der Waals surface area contributed by atoms with Crippen LogP contribution in [0.25, 0.3) is 11.3 Å². The van der Waals surface area contributed by atoms with Crippen LogP contribution in [0.4, 0.5) is 0 Å². The molecule has 1 fully saturated rings. The van der Waals surface area contributed by atoms with Gasteiger partial charge in [-0.25, -0.2) is 0 Å². The molecule has 0 aliphatic carbocycles. The van der Waals surface area contributed by atoms with Crippen LogP contribution >= 0.6 is 11.6 Å². The van der Waals surface area contributed by atoms with E-state index in [2.05, 4.69) is 10.1 Å². The van der Waals surface area contributed by atoms with Gasteiger partial charge < -0.3 is 9.26 Å². The highest BCUT2D eigenvalue weighted by Gasteiger charge is 2.20. The molecule has 5 heteroatoms. The Morgan fingerprint density at radius 2 is 2.00 bits per heavy atom. The van der Waals surface area contributed by atoms with Crippen LogP contribution < -0.4 is 0 Å². The fourth-order valence-corrected chi connectivity index (χ4v) is 2.79. The Balaban J connectivity index is 1.62. The van der Waals surface area contributed by atoms with E-state index >= 15 is 0 Å². The second-order valence-electron chi connectivity index (χ2n) is 5.40. The molecule has 1 saturated heterocycles. The molecular formula is C16H19ClN2O2. The number of ether oxygens (including phenoxy) is 1. The first-order chi connectivity index (χ1) is 10.2. The molecule has 0 atom stereocenters. The maximum atomic E-state index is 5.90. The van der Waals surface area contributed by atoms with Crippen LogP contribution in [-0.4, -0.2) is 36.4 Å². The molecule has 4 nitrogen and oxygen atoms in total. The molecule has 0 N–H and O–H groups in total. The lowest BCUT2D eigenvalue weighted by molar-refractivity contribution is 0.0364. The molecule has 21 heavy (non-hydrogen) atoms. The number of rotatable bonds is 4. The van der Waals surface area contributed by atoms with Gasteiger partial charge in [0.1, 0.15) is 5.69 Å². The third-order valence-corrected chi connectivity index (χ3v) is 4.20. The summed E-state index contributed by atoms with van der Waals surface area (Å²) in [6.07, 6.45) is 2.56. The van der Waals surface area contributed by atoms with Gasteiger partial charge in [0.15, 0.2) is 5.76 Å². The third-order valence-electron chi connectivity index (χ3n) is 3.95. The molecular weight excluding hydrogens is 288 g/mol. The predicted molar refractivity (Wildman–Crippen MR) is 82.3 cm³/mol. The largest absolute Gasteiger partial charge is 0.381 e. The summed E-state index contributed by atoms with van der Waals surface area (Å²) in [6.45, 7) is 2.88. The number of piperidine rings is 1. The lowest BCUT2D eigenvalue weighted by Gasteiger charge is -2.30. The van der Waals surface area contributed by atoms with Crippen LogP contribution in [-0.2, 0) is 11.3 Å². The third kappa shape index (κ3) is 3.64. The summed E-state index contributed by atoms with van der Waals surface area (Å²) in [4.78, 5) is 2.38. The van der Waals surface area contributed by atoms with Gasteiger partial charge >= 0.3 is 0 Å². The van der Waals surface area contributed by atoms with E-state index in [1.807, 2.05) is 30.3 Å². The van der Waals surface area contributed by atoms with E-state index in [9.17, 15) is 0 Å². The highest BCUT2D eigenvalue weighted by molar-refractivity contribution is 6.30. The molecule has 112 valence electrons. The zero-order chi connectivity index (χ0) is 14.7. The summed E-state index contributed by atoms with van der Waals surface area (Å²) in [5.74, 6) is 0.899. The van der Waals surface area contributed by atoms with E-state index in [1.165, 1.54) is 0 Å². The number of hydrogen-bond acceptors (Lipinski definition) is 4. The fourth-order valence-electron chi connectivity index (χ4n) is 2.67. The van der Waals surface area contributed by atoms with Crippen molar-refractivity contribution in [3.63, 3.8) is 0 Å². The van der Waals surface area contributed by atoms with Crippen molar-refractivity contribution in [3.8, 4) is 11.3 Å². The second-order valence-corrected chi connectivity index (χ2v) is 5.83. The van der Waals surface area contributed by atoms with Crippen molar-refractivity contribution in [2.45, 2.75) is 25.5 Å². The molecule has 1 aromatic heterocycles. The van der Waals surface area contributed by atoms with Crippen LogP contribution in [0.1, 0.15) is 18.6 Å². The average molecular weight is 307 g/mol. The van der Waals surface area contributed by atoms with Gasteiger partial charge in [0.2, 0.25) is 0 Å². The van der Waals surface area contributed by atoms with Crippen LogP contribution in [0, 0.1) is 0 Å². The predicted octanol–water partition coefficient (Wildman–Crippen LogP) is 3.61. The zero-order valence-corrected chi connectivity index (χ0v) is 12.8. The minimum Gasteiger partial charge on any atom is -0.381 e. The van der Waals surface area contributed by atoms with Gasteiger partial charge in [0.25, 0.3) is 0 Å². The van der Waals surface area contributed by atoms with E-state index < -0.39 is 0 Å². The Kier molecular flexibility index (Phi) is 4.58. The summed E-state index contributed by atoms with van der Waals surface area (Å²) in [7, 11) is 1.79. The van der Waals surface area contributed by atoms with Gasteiger partial charge in [-0.1, -0.05) is 28.9 Å². The SMILES string of the molecule is COC1CCN(Cc2cc(-c3ccc(Cl)cc3)no2)CC1. The molecule has 1 aliphatic heterocycles. The highest BCUT2D eigenvalue weighted by Crippen LogP contribution is 2.23. The first kappa shape index (κ1) is 14.6. The van der Waals surface area contributed by atoms with E-state index in [1.54, 1.807) is 7.11 Å². The summed E-state index contributed by atoms with van der Waals surface area (Å²) < 4.78 is 10.8. The number of halogens is 1. The first-order valence-electron chi connectivity index (χ1n) is 7.21. The molecule has 0 unspecified atom stereocenters. The van der Waals surface area contributed by atoms with Gasteiger partial charge in [-0.3, -0.25) is 4.90 Å². The van der Waals surface area contributed by atoms with Gasteiger partial charge in [0, 0.05) is 36.9 Å². The number of nitrogens with zero attached hydrogens (tertiary/aromatic N) is 2. The lowest BCUT2D eigenvalue weighted by atomic mass is 10.1. The number of aromatic nitrogens is 1. The quantitative estimate of drug-likeness (QED) is 0.865. The Labute approximate surface area is 129 Å². The highest BCUT2D eigenvalue weighted by atomic mass is 35.5. The number of likely N-dealkylation sites (tertiary alicyclic amines) is 1. The van der Waals surface area contributed by atoms with Crippen molar-refractivity contribution >= 4 is 11.6 Å². The molecule has 3 rings (SSSR count). The van der Waals surface area contributed by atoms with Gasteiger partial charge in [-0.05, 0) is 25.0 Å². The zero-order valence-electron chi connectivity index (χ0n) is 12.1. The Bertz CT molecular complexity index is 574. The fraction of sp³-hybridized carbons (Fsp3) is 0.438. The summed E-state index contributed by atoms with van der Waals surface area (Å²) in [6, 6.07) is 9.63. The molecule has 2 heterocycles. The van der Waals surface area contributed by atoms with Gasteiger partial charge in [-0.15, -0.1) is 0 Å². The summed E-state index contributed by atoms with van der Waals surface area (Å²) >= 11 is 5.90. The van der Waals surface area contributed by atoms with Crippen molar-refractivity contribution in [2.24, 2.45) is 0 Å². The summed E-state index contributed by atoms with van der Waals surface area (Å²) in [5, 5.41) is 4.87. The van der Waals surface area contributed by atoms with Gasteiger partial charge in [0.05, 0.1) is 12.6 Å². The number of methoxy groups -OCH3 is 1. The van der Waals surface area contributed by atoms with Crippen LogP contribution in [0.5, 0.6) is 0 Å². The topological polar surface area (TPSA) is 38.5 Å². The average Bonchev–Trinajstić information content (AvgIpc) is 2.97. The first-order valence-corrected chi connectivity index (χ1v) is 7.59. The van der Waals surface area contributed by atoms with Crippen LogP contribution in [0.15, 0.2) is 34.9 Å². The Hall–Kier alpha value is -1.36. The lowest BCUT2D eigenvalue weighted by Crippen LogP contribution is -2.36. The molecule has 2 aromatic rings. The minimum atomic E-state index is 0.403. The molecule has 0 amide bonds. The van der Waals surface area contributed by atoms with Crippen molar-refractivity contribution in [1.82, 2.24) is 10.1 Å². The van der Waals surface area contributed by atoms with E-state index in [0.717, 1.165) is 54.5 Å². The van der Waals surface area contributed by atoms with Crippen molar-refractivity contribution in [3.05, 3.63) is 41.1 Å². The Morgan fingerprint density at radius 3 is 2.67 bits per heavy atom. The number of hydrogen-bond donors (Lipinski definition) is 0. The summed E-state index contributed by atoms with van der Waals surface area (Å²) in [5.41, 5.74) is 1.88. The molecule has 0 bridgehead atoms. The molecule has 0 spiro atoms. The maximum absolute atomic E-state index is 5.90. The van der Waals surface area contributed by atoms with E-state index in [4.69, 9.17) is 20.9 Å². The molecule has 0 saturated carbocycles. The second kappa shape index (κ2) is 6.60.